The minimum Gasteiger partial charge on any atom is -0.427 e. The molecule has 0 aliphatic carbocycles. The maximum absolute atomic E-state index is 9.91. The van der Waals surface area contributed by atoms with Crippen LogP contribution in [0, 0.1) is 0 Å². The molecule has 0 aliphatic rings. The van der Waals surface area contributed by atoms with Crippen LogP contribution in [0.1, 0.15) is 13.3 Å². The van der Waals surface area contributed by atoms with E-state index < -0.39 is 5.30 Å². The van der Waals surface area contributed by atoms with Crippen molar-refractivity contribution in [3.63, 3.8) is 0 Å². The maximum atomic E-state index is 9.91. The molecule has 0 radical (unpaired) electrons. The van der Waals surface area contributed by atoms with E-state index in [0.717, 1.165) is 6.42 Å². The van der Waals surface area contributed by atoms with Gasteiger partial charge in [0.15, 0.2) is 0 Å². The first-order valence-corrected chi connectivity index (χ1v) is 2.76. The first kappa shape index (κ1) is 7.56. The molecular formula is C5H8O2S. The second-order valence-electron chi connectivity index (χ2n) is 1.16. The molecule has 3 heteroatoms. The number of ether oxygens (including phenoxy) is 1. The average Bonchev–Trinajstić information content (AvgIpc) is 1.66. The van der Waals surface area contributed by atoms with Crippen molar-refractivity contribution in [2.75, 3.05) is 0 Å². The normalized spacial score (nSPS) is 9.75. The molecule has 0 heterocycles. The first-order valence-electron chi connectivity index (χ1n) is 2.32. The molecule has 8 heavy (non-hydrogen) atoms. The summed E-state index contributed by atoms with van der Waals surface area (Å²) < 4.78 is 4.33. The zero-order chi connectivity index (χ0) is 6.41. The number of hydrogen-bond acceptors (Lipinski definition) is 2. The summed E-state index contributed by atoms with van der Waals surface area (Å²) in [6.45, 7) is 1.95. The van der Waals surface area contributed by atoms with Gasteiger partial charge in [-0.1, -0.05) is 19.6 Å². The standard InChI is InChI=1S/C5H8O2S/c1-2-3-4-7-5(6)8/h3-4H,2H2,1H3,(H,6,8). The lowest BCUT2D eigenvalue weighted by molar-refractivity contribution is 0.214. The van der Waals surface area contributed by atoms with Gasteiger partial charge in [0.05, 0.1) is 6.26 Å². The number of carbonyl (C=O) groups is 1. The predicted octanol–water partition coefficient (Wildman–Crippen LogP) is 1.98. The Labute approximate surface area is 53.9 Å². The third-order valence-corrected chi connectivity index (χ3v) is 0.606. The van der Waals surface area contributed by atoms with E-state index in [1.54, 1.807) is 6.08 Å². The summed E-state index contributed by atoms with van der Waals surface area (Å²) in [4.78, 5) is 9.91. The van der Waals surface area contributed by atoms with Gasteiger partial charge in [-0.15, -0.1) is 0 Å². The maximum Gasteiger partial charge on any atom is 0.369 e. The Bertz CT molecular complexity index is 98.6. The van der Waals surface area contributed by atoms with E-state index in [4.69, 9.17) is 0 Å². The molecule has 0 fully saturated rings. The van der Waals surface area contributed by atoms with Gasteiger partial charge in [-0.2, -0.15) is 0 Å². The largest absolute Gasteiger partial charge is 0.427 e. The minimum atomic E-state index is -0.574. The van der Waals surface area contributed by atoms with Gasteiger partial charge in [-0.3, -0.25) is 0 Å². The Balaban J connectivity index is 3.16. The quantitative estimate of drug-likeness (QED) is 0.353. The van der Waals surface area contributed by atoms with Crippen molar-refractivity contribution in [3.8, 4) is 0 Å². The summed E-state index contributed by atoms with van der Waals surface area (Å²) in [6, 6.07) is 0. The highest BCUT2D eigenvalue weighted by molar-refractivity contribution is 7.96. The molecule has 0 N–H and O–H groups in total. The lowest BCUT2D eigenvalue weighted by atomic mass is 10.5. The topological polar surface area (TPSA) is 26.3 Å². The minimum absolute atomic E-state index is 0.574. The van der Waals surface area contributed by atoms with E-state index in [2.05, 4.69) is 17.4 Å². The van der Waals surface area contributed by atoms with Crippen molar-refractivity contribution >= 4 is 17.9 Å². The number of thiol groups is 1. The summed E-state index contributed by atoms with van der Waals surface area (Å²) in [5.41, 5.74) is 0. The molecule has 0 aliphatic heterocycles. The molecule has 0 saturated carbocycles. The molecule has 0 amide bonds. The van der Waals surface area contributed by atoms with Crippen LogP contribution in [0.15, 0.2) is 12.3 Å². The molecule has 0 bridgehead atoms. The van der Waals surface area contributed by atoms with Gasteiger partial charge in [0.1, 0.15) is 0 Å². The number of hydrogen-bond donors (Lipinski definition) is 1. The van der Waals surface area contributed by atoms with Crippen LogP contribution in [0.3, 0.4) is 0 Å². The van der Waals surface area contributed by atoms with Crippen LogP contribution < -0.4 is 0 Å². The fourth-order valence-electron chi connectivity index (χ4n) is 0.203. The Morgan fingerprint density at radius 3 is 2.88 bits per heavy atom. The van der Waals surface area contributed by atoms with Crippen molar-refractivity contribution in [2.45, 2.75) is 13.3 Å². The van der Waals surface area contributed by atoms with E-state index >= 15 is 0 Å². The van der Waals surface area contributed by atoms with Gasteiger partial charge in [-0.05, 0) is 12.5 Å². The first-order chi connectivity index (χ1) is 3.77. The third kappa shape index (κ3) is 5.56. The molecule has 0 spiro atoms. The fraction of sp³-hybridized carbons (Fsp3) is 0.400. The van der Waals surface area contributed by atoms with Gasteiger partial charge in [-0.25, -0.2) is 4.79 Å². The van der Waals surface area contributed by atoms with E-state index in [-0.39, 0.29) is 0 Å². The second kappa shape index (κ2) is 4.71. The smallest absolute Gasteiger partial charge is 0.369 e. The molecule has 0 saturated heterocycles. The monoisotopic (exact) mass is 132 g/mol. The van der Waals surface area contributed by atoms with Crippen molar-refractivity contribution in [3.05, 3.63) is 12.3 Å². The Morgan fingerprint density at radius 1 is 1.88 bits per heavy atom. The van der Waals surface area contributed by atoms with Crippen LogP contribution >= 0.6 is 12.6 Å². The molecule has 0 aromatic rings. The van der Waals surface area contributed by atoms with Gasteiger partial charge < -0.3 is 4.74 Å². The number of allylic oxidation sites excluding steroid dienone is 1. The fourth-order valence-corrected chi connectivity index (χ4v) is 0.263. The molecule has 0 aromatic heterocycles. The van der Waals surface area contributed by atoms with Crippen LogP contribution in [0.4, 0.5) is 4.79 Å². The zero-order valence-electron chi connectivity index (χ0n) is 4.63. The van der Waals surface area contributed by atoms with Crippen LogP contribution in [0.2, 0.25) is 0 Å². The van der Waals surface area contributed by atoms with Crippen LogP contribution in [-0.2, 0) is 4.74 Å². The zero-order valence-corrected chi connectivity index (χ0v) is 5.52. The van der Waals surface area contributed by atoms with E-state index in [0.29, 0.717) is 0 Å². The highest BCUT2D eigenvalue weighted by Crippen LogP contribution is 1.87. The van der Waals surface area contributed by atoms with Crippen LogP contribution in [-0.4, -0.2) is 5.30 Å². The van der Waals surface area contributed by atoms with Gasteiger partial charge >= 0.3 is 5.30 Å². The van der Waals surface area contributed by atoms with E-state index in [9.17, 15) is 4.79 Å². The van der Waals surface area contributed by atoms with Gasteiger partial charge in [0.2, 0.25) is 0 Å². The molecule has 0 unspecified atom stereocenters. The summed E-state index contributed by atoms with van der Waals surface area (Å²) in [6.07, 6.45) is 3.92. The van der Waals surface area contributed by atoms with Crippen molar-refractivity contribution < 1.29 is 9.53 Å². The van der Waals surface area contributed by atoms with Crippen molar-refractivity contribution in [1.82, 2.24) is 0 Å². The summed E-state index contributed by atoms with van der Waals surface area (Å²) in [5.74, 6) is 0. The van der Waals surface area contributed by atoms with E-state index in [1.807, 2.05) is 6.92 Å². The van der Waals surface area contributed by atoms with Crippen molar-refractivity contribution in [2.24, 2.45) is 0 Å². The Hall–Kier alpha value is -0.440. The molecule has 2 nitrogen and oxygen atoms in total. The number of carbonyl (C=O) groups excluding carboxylic acids is 1. The Kier molecular flexibility index (Phi) is 4.45. The van der Waals surface area contributed by atoms with Gasteiger partial charge in [0, 0.05) is 0 Å². The van der Waals surface area contributed by atoms with E-state index in [1.165, 1.54) is 6.26 Å². The second-order valence-corrected chi connectivity index (χ2v) is 1.53. The Morgan fingerprint density at radius 2 is 2.50 bits per heavy atom. The lowest BCUT2D eigenvalue weighted by Gasteiger charge is -1.85. The molecular weight excluding hydrogens is 124 g/mol. The average molecular weight is 132 g/mol. The lowest BCUT2D eigenvalue weighted by Crippen LogP contribution is -1.81. The van der Waals surface area contributed by atoms with Crippen LogP contribution in [0.25, 0.3) is 0 Å². The van der Waals surface area contributed by atoms with Gasteiger partial charge in [0.25, 0.3) is 0 Å². The highest BCUT2D eigenvalue weighted by Gasteiger charge is 1.83. The molecule has 0 rings (SSSR count). The van der Waals surface area contributed by atoms with Crippen LogP contribution in [0.5, 0.6) is 0 Å². The molecule has 0 atom stereocenters. The summed E-state index contributed by atoms with van der Waals surface area (Å²) in [5, 5.41) is -0.574. The molecule has 0 aromatic carbocycles. The predicted molar refractivity (Wildman–Crippen MR) is 34.9 cm³/mol. The number of rotatable bonds is 2. The third-order valence-electron chi connectivity index (χ3n) is 0.501. The molecule has 46 valence electrons. The SMILES string of the molecule is CCC=COC(=O)S. The summed E-state index contributed by atoms with van der Waals surface area (Å²) in [7, 11) is 0. The highest BCUT2D eigenvalue weighted by atomic mass is 32.1. The van der Waals surface area contributed by atoms with Crippen molar-refractivity contribution in [1.29, 1.82) is 0 Å². The summed E-state index contributed by atoms with van der Waals surface area (Å²) >= 11 is 3.36.